The van der Waals surface area contributed by atoms with Gasteiger partial charge in [0.25, 0.3) is 0 Å². The standard InChI is InChI=1S/C16H21ClN2O3.Cr/c1-12-9-18(10-13(2)22-12)8-7-15(11-19(20)21)14-3-5-16(17)6-4-14;/h3-6,12-13,15H,7,9-11H2,1-2H3;/t12-,13-,15-;/m0./s1. The van der Waals surface area contributed by atoms with E-state index in [1.807, 2.05) is 26.0 Å². The summed E-state index contributed by atoms with van der Waals surface area (Å²) >= 11 is 9.03. The molecular formula is C16H21ClCrN2O3. The summed E-state index contributed by atoms with van der Waals surface area (Å²) in [4.78, 5) is 13.0. The number of ether oxygens (including phenoxy) is 1. The molecule has 0 amide bonds. The second kappa shape index (κ2) is 8.37. The van der Waals surface area contributed by atoms with Gasteiger partial charge >= 0.3 is 150 Å². The molecule has 0 spiro atoms. The van der Waals surface area contributed by atoms with E-state index in [0.717, 1.165) is 23.2 Å². The van der Waals surface area contributed by atoms with Gasteiger partial charge in [-0.2, -0.15) is 0 Å². The fraction of sp³-hybridized carbons (Fsp3) is 0.562. The van der Waals surface area contributed by atoms with Crippen LogP contribution in [0.1, 0.15) is 31.7 Å². The molecule has 1 fully saturated rings. The van der Waals surface area contributed by atoms with Gasteiger partial charge in [0, 0.05) is 0 Å². The first-order valence-corrected chi connectivity index (χ1v) is 8.67. The zero-order chi connectivity index (χ0) is 17.0. The quantitative estimate of drug-likeness (QED) is 0.566. The number of hydrogen-bond acceptors (Lipinski definition) is 4. The first-order valence-electron chi connectivity index (χ1n) is 7.65. The normalized spacial score (nSPS) is 23.4. The third kappa shape index (κ3) is 5.67. The monoisotopic (exact) mass is 376 g/mol. The molecule has 0 saturated carbocycles. The molecule has 0 N–H and O–H groups in total. The van der Waals surface area contributed by atoms with Gasteiger partial charge in [0.1, 0.15) is 0 Å². The van der Waals surface area contributed by atoms with E-state index in [9.17, 15) is 10.1 Å². The fourth-order valence-electron chi connectivity index (χ4n) is 2.92. The summed E-state index contributed by atoms with van der Waals surface area (Å²) in [5, 5.41) is 11.7. The van der Waals surface area contributed by atoms with Crippen molar-refractivity contribution in [2.24, 2.45) is 0 Å². The SMILES string of the molecule is C[C@H]1CN([C](=[Cr])C[C@@H](C[N+](=O)[O-])c2ccc(Cl)cc2)C[C@H](C)O1. The van der Waals surface area contributed by atoms with Gasteiger partial charge in [0.05, 0.1) is 0 Å². The summed E-state index contributed by atoms with van der Waals surface area (Å²) in [6.45, 7) is 5.60. The Balaban J connectivity index is 2.09. The van der Waals surface area contributed by atoms with Crippen LogP contribution in [-0.2, 0) is 20.6 Å². The first kappa shape index (κ1) is 18.6. The van der Waals surface area contributed by atoms with E-state index >= 15 is 0 Å². The van der Waals surface area contributed by atoms with E-state index in [2.05, 4.69) is 20.8 Å². The first-order chi connectivity index (χ1) is 10.8. The van der Waals surface area contributed by atoms with Crippen LogP contribution in [0.15, 0.2) is 24.3 Å². The van der Waals surface area contributed by atoms with Gasteiger partial charge in [0.2, 0.25) is 0 Å². The van der Waals surface area contributed by atoms with Crippen LogP contribution >= 0.6 is 11.6 Å². The molecule has 23 heavy (non-hydrogen) atoms. The van der Waals surface area contributed by atoms with E-state index in [-0.39, 0.29) is 29.6 Å². The van der Waals surface area contributed by atoms with E-state index in [1.165, 1.54) is 0 Å². The summed E-state index contributed by atoms with van der Waals surface area (Å²) in [6.07, 6.45) is 0.931. The van der Waals surface area contributed by atoms with Crippen LogP contribution in [0.4, 0.5) is 0 Å². The van der Waals surface area contributed by atoms with Gasteiger partial charge in [-0.25, -0.2) is 0 Å². The van der Waals surface area contributed by atoms with Crippen molar-refractivity contribution in [1.82, 2.24) is 4.90 Å². The second-order valence-corrected chi connectivity index (χ2v) is 7.20. The number of benzene rings is 1. The molecule has 0 unspecified atom stereocenters. The Morgan fingerprint density at radius 3 is 2.48 bits per heavy atom. The molecule has 2 rings (SSSR count). The maximum atomic E-state index is 11.0. The zero-order valence-electron chi connectivity index (χ0n) is 13.3. The molecular weight excluding hydrogens is 356 g/mol. The number of nitrogens with zero attached hydrogens (tertiary/aromatic N) is 2. The Labute approximate surface area is 149 Å². The minimum atomic E-state index is -0.253. The van der Waals surface area contributed by atoms with Gasteiger partial charge in [-0.05, 0) is 0 Å². The molecule has 1 heterocycles. The molecule has 1 aromatic carbocycles. The molecule has 126 valence electrons. The second-order valence-electron chi connectivity index (χ2n) is 6.02. The average molecular weight is 377 g/mol. The van der Waals surface area contributed by atoms with E-state index in [1.54, 1.807) is 12.1 Å². The topological polar surface area (TPSA) is 55.6 Å². The van der Waals surface area contributed by atoms with Gasteiger partial charge in [-0.1, -0.05) is 0 Å². The van der Waals surface area contributed by atoms with Crippen LogP contribution in [0.3, 0.4) is 0 Å². The molecule has 7 heteroatoms. The van der Waals surface area contributed by atoms with E-state index < -0.39 is 0 Å². The van der Waals surface area contributed by atoms with Crippen molar-refractivity contribution in [3.8, 4) is 0 Å². The number of rotatable bonds is 6. The predicted molar refractivity (Wildman–Crippen MR) is 87.3 cm³/mol. The zero-order valence-corrected chi connectivity index (χ0v) is 15.3. The fourth-order valence-corrected chi connectivity index (χ4v) is 3.60. The molecule has 3 atom stereocenters. The predicted octanol–water partition coefficient (Wildman–Crippen LogP) is 2.88. The molecule has 1 aliphatic rings. The number of halogens is 1. The van der Waals surface area contributed by atoms with E-state index in [4.69, 9.17) is 16.3 Å². The summed E-state index contributed by atoms with van der Waals surface area (Å²) in [7, 11) is 0. The molecule has 1 aliphatic heterocycles. The maximum absolute atomic E-state index is 11.0. The third-order valence-electron chi connectivity index (χ3n) is 3.90. The van der Waals surface area contributed by atoms with Gasteiger partial charge < -0.3 is 0 Å². The molecule has 0 radical (unpaired) electrons. The number of nitro groups is 1. The summed E-state index contributed by atoms with van der Waals surface area (Å²) in [5.74, 6) is -0.174. The Morgan fingerprint density at radius 1 is 1.39 bits per heavy atom. The third-order valence-corrected chi connectivity index (χ3v) is 4.82. The molecule has 0 aliphatic carbocycles. The van der Waals surface area contributed by atoms with Gasteiger partial charge in [-0.3, -0.25) is 0 Å². The van der Waals surface area contributed by atoms with Crippen LogP contribution in [0.5, 0.6) is 0 Å². The summed E-state index contributed by atoms with van der Waals surface area (Å²) in [6, 6.07) is 7.30. The van der Waals surface area contributed by atoms with Crippen molar-refractivity contribution in [3.05, 3.63) is 45.0 Å². The van der Waals surface area contributed by atoms with Crippen molar-refractivity contribution < 1.29 is 25.5 Å². The molecule has 1 saturated heterocycles. The van der Waals surface area contributed by atoms with Crippen molar-refractivity contribution in [2.45, 2.75) is 38.4 Å². The average Bonchev–Trinajstić information content (AvgIpc) is 2.45. The van der Waals surface area contributed by atoms with Crippen LogP contribution in [-0.4, -0.2) is 46.2 Å². The Morgan fingerprint density at radius 2 is 1.96 bits per heavy atom. The van der Waals surface area contributed by atoms with Crippen molar-refractivity contribution >= 4 is 16.1 Å². The van der Waals surface area contributed by atoms with Crippen LogP contribution in [0.25, 0.3) is 0 Å². The number of hydrogen-bond donors (Lipinski definition) is 0. The Bertz CT molecular complexity index is 557. The van der Waals surface area contributed by atoms with Crippen molar-refractivity contribution in [1.29, 1.82) is 0 Å². The Kier molecular flexibility index (Phi) is 6.75. The van der Waals surface area contributed by atoms with Gasteiger partial charge in [0.15, 0.2) is 0 Å². The van der Waals surface area contributed by atoms with Crippen LogP contribution < -0.4 is 0 Å². The van der Waals surface area contributed by atoms with E-state index in [0.29, 0.717) is 11.4 Å². The molecule has 0 aromatic heterocycles. The van der Waals surface area contributed by atoms with Gasteiger partial charge in [-0.15, -0.1) is 0 Å². The Hall–Kier alpha value is -0.768. The van der Waals surface area contributed by atoms with Crippen molar-refractivity contribution in [3.63, 3.8) is 0 Å². The minimum absolute atomic E-state index is 0.0950. The van der Waals surface area contributed by atoms with Crippen LogP contribution in [0, 0.1) is 10.1 Å². The van der Waals surface area contributed by atoms with Crippen molar-refractivity contribution in [2.75, 3.05) is 19.6 Å². The van der Waals surface area contributed by atoms with Crippen LogP contribution in [0.2, 0.25) is 5.02 Å². The summed E-state index contributed by atoms with van der Waals surface area (Å²) < 4.78 is 6.79. The number of morpholine rings is 1. The summed E-state index contributed by atoms with van der Waals surface area (Å²) in [5.41, 5.74) is 0.938. The molecule has 1 aromatic rings. The molecule has 5 nitrogen and oxygen atoms in total. The molecule has 0 bridgehead atoms.